The van der Waals surface area contributed by atoms with Crippen LogP contribution in [0.1, 0.15) is 25.7 Å². The highest BCUT2D eigenvalue weighted by Crippen LogP contribution is 2.31. The molecular formula is C12H17NO4. The van der Waals surface area contributed by atoms with E-state index < -0.39 is 10.6 Å². The molecule has 0 bridgehead atoms. The molecule has 0 aromatic carbocycles. The molecule has 0 saturated heterocycles. The SMILES string of the molecule is O=C(O)C1CCC(C[N+]2([O-])CC=CC2=O)CC1. The van der Waals surface area contributed by atoms with E-state index in [4.69, 9.17) is 5.11 Å². The van der Waals surface area contributed by atoms with Crippen LogP contribution in [0.2, 0.25) is 0 Å². The van der Waals surface area contributed by atoms with Gasteiger partial charge in [-0.25, -0.2) is 4.79 Å². The second-order valence-corrected chi connectivity index (χ2v) is 5.05. The number of hydrogen-bond donors (Lipinski definition) is 1. The average Bonchev–Trinajstić information content (AvgIpc) is 2.60. The van der Waals surface area contributed by atoms with Crippen LogP contribution in [0, 0.1) is 17.0 Å². The molecular weight excluding hydrogens is 222 g/mol. The summed E-state index contributed by atoms with van der Waals surface area (Å²) in [5, 5.41) is 21.0. The summed E-state index contributed by atoms with van der Waals surface area (Å²) in [5.74, 6) is -1.19. The van der Waals surface area contributed by atoms with Crippen molar-refractivity contribution in [3.05, 3.63) is 17.4 Å². The molecule has 2 rings (SSSR count). The Morgan fingerprint density at radius 1 is 1.41 bits per heavy atom. The number of rotatable bonds is 3. The number of carboxylic acid groups (broad SMARTS) is 1. The number of carboxylic acids is 1. The lowest BCUT2D eigenvalue weighted by atomic mass is 9.82. The predicted octanol–water partition coefficient (Wildman–Crippen LogP) is 1.29. The molecule has 1 aliphatic carbocycles. The van der Waals surface area contributed by atoms with Crippen LogP contribution in [0.5, 0.6) is 0 Å². The van der Waals surface area contributed by atoms with Crippen molar-refractivity contribution in [2.45, 2.75) is 25.7 Å². The van der Waals surface area contributed by atoms with Crippen molar-refractivity contribution in [3.63, 3.8) is 0 Å². The fraction of sp³-hybridized carbons (Fsp3) is 0.667. The molecule has 17 heavy (non-hydrogen) atoms. The third-order valence-corrected chi connectivity index (χ3v) is 3.81. The van der Waals surface area contributed by atoms with Gasteiger partial charge in [-0.3, -0.25) is 9.44 Å². The van der Waals surface area contributed by atoms with Crippen molar-refractivity contribution in [1.82, 2.24) is 0 Å². The first-order valence-corrected chi connectivity index (χ1v) is 6.03. The van der Waals surface area contributed by atoms with Crippen molar-refractivity contribution < 1.29 is 19.3 Å². The first-order valence-electron chi connectivity index (χ1n) is 6.03. The number of nitrogens with zero attached hydrogens (tertiary/aromatic N) is 1. The van der Waals surface area contributed by atoms with E-state index in [1.807, 2.05) is 0 Å². The van der Waals surface area contributed by atoms with Crippen LogP contribution in [0.25, 0.3) is 0 Å². The number of aliphatic carboxylic acids is 1. The Balaban J connectivity index is 1.86. The largest absolute Gasteiger partial charge is 0.625 e. The minimum absolute atomic E-state index is 0.187. The zero-order chi connectivity index (χ0) is 12.5. The Labute approximate surface area is 99.9 Å². The highest BCUT2D eigenvalue weighted by Gasteiger charge is 2.34. The van der Waals surface area contributed by atoms with Gasteiger partial charge in [-0.1, -0.05) is 0 Å². The van der Waals surface area contributed by atoms with Crippen LogP contribution < -0.4 is 0 Å². The molecule has 0 aromatic rings. The van der Waals surface area contributed by atoms with Gasteiger partial charge in [0, 0.05) is 12.0 Å². The fourth-order valence-corrected chi connectivity index (χ4v) is 2.72. The van der Waals surface area contributed by atoms with Crippen LogP contribution in [0.15, 0.2) is 12.2 Å². The summed E-state index contributed by atoms with van der Waals surface area (Å²) >= 11 is 0. The van der Waals surface area contributed by atoms with Crippen molar-refractivity contribution in [1.29, 1.82) is 0 Å². The van der Waals surface area contributed by atoms with E-state index in [1.54, 1.807) is 6.08 Å². The zero-order valence-corrected chi connectivity index (χ0v) is 9.67. The van der Waals surface area contributed by atoms with Gasteiger partial charge in [0.2, 0.25) is 0 Å². The monoisotopic (exact) mass is 239 g/mol. The van der Waals surface area contributed by atoms with E-state index in [2.05, 4.69) is 0 Å². The Hall–Kier alpha value is -1.20. The first kappa shape index (κ1) is 12.3. The summed E-state index contributed by atoms with van der Waals surface area (Å²) in [6.07, 6.45) is 5.72. The summed E-state index contributed by atoms with van der Waals surface area (Å²) in [6, 6.07) is 0. The summed E-state index contributed by atoms with van der Waals surface area (Å²) < 4.78 is -0.775. The quantitative estimate of drug-likeness (QED) is 0.594. The maximum absolute atomic E-state index is 12.1. The van der Waals surface area contributed by atoms with E-state index in [0.29, 0.717) is 19.4 Å². The summed E-state index contributed by atoms with van der Waals surface area (Å²) in [4.78, 5) is 22.2. The Kier molecular flexibility index (Phi) is 3.31. The number of amides is 1. The van der Waals surface area contributed by atoms with Crippen LogP contribution in [0.4, 0.5) is 0 Å². The maximum atomic E-state index is 12.1. The van der Waals surface area contributed by atoms with Gasteiger partial charge in [-0.2, -0.15) is 0 Å². The molecule has 1 N–H and O–H groups in total. The minimum atomic E-state index is -0.775. The van der Waals surface area contributed by atoms with Gasteiger partial charge in [-0.15, -0.1) is 0 Å². The van der Waals surface area contributed by atoms with Gasteiger partial charge in [-0.05, 0) is 31.8 Å². The van der Waals surface area contributed by atoms with Gasteiger partial charge < -0.3 is 10.3 Å². The van der Waals surface area contributed by atoms with Crippen molar-refractivity contribution in [3.8, 4) is 0 Å². The van der Waals surface area contributed by atoms with Crippen LogP contribution in [0.3, 0.4) is 0 Å². The molecule has 0 radical (unpaired) electrons. The lowest BCUT2D eigenvalue weighted by Gasteiger charge is -2.39. The molecule has 94 valence electrons. The van der Waals surface area contributed by atoms with Gasteiger partial charge in [0.25, 0.3) is 0 Å². The highest BCUT2D eigenvalue weighted by molar-refractivity contribution is 5.83. The molecule has 1 aliphatic heterocycles. The standard InChI is InChI=1S/C12H17NO4/c14-11-2-1-7-13(11,17)8-9-3-5-10(6-4-9)12(15)16/h1-2,9-10H,3-8H2,(H,15,16). The van der Waals surface area contributed by atoms with E-state index in [-0.39, 0.29) is 24.3 Å². The molecule has 1 heterocycles. The number of quaternary nitrogens is 1. The molecule has 1 fully saturated rings. The smallest absolute Gasteiger partial charge is 0.338 e. The molecule has 1 saturated carbocycles. The van der Waals surface area contributed by atoms with Crippen LogP contribution >= 0.6 is 0 Å². The first-order chi connectivity index (χ1) is 8.01. The molecule has 5 nitrogen and oxygen atoms in total. The normalized spacial score (nSPS) is 37.4. The summed E-state index contributed by atoms with van der Waals surface area (Å²) in [5.41, 5.74) is 0. The average molecular weight is 239 g/mol. The van der Waals surface area contributed by atoms with E-state index in [1.165, 1.54) is 6.08 Å². The van der Waals surface area contributed by atoms with Crippen LogP contribution in [-0.4, -0.2) is 34.7 Å². The summed E-state index contributed by atoms with van der Waals surface area (Å²) in [6.45, 7) is 0.538. The number of hydroxylamine groups is 3. The predicted molar refractivity (Wildman–Crippen MR) is 60.6 cm³/mol. The Morgan fingerprint density at radius 3 is 2.53 bits per heavy atom. The lowest BCUT2D eigenvalue weighted by molar-refractivity contribution is -0.796. The molecule has 1 amide bonds. The van der Waals surface area contributed by atoms with Gasteiger partial charge in [0.05, 0.1) is 12.5 Å². The van der Waals surface area contributed by atoms with E-state index >= 15 is 0 Å². The highest BCUT2D eigenvalue weighted by atomic mass is 16.6. The second kappa shape index (κ2) is 4.58. The molecule has 1 unspecified atom stereocenters. The van der Waals surface area contributed by atoms with Crippen molar-refractivity contribution in [2.24, 2.45) is 11.8 Å². The Morgan fingerprint density at radius 2 is 2.06 bits per heavy atom. The molecule has 0 spiro atoms. The second-order valence-electron chi connectivity index (χ2n) is 5.05. The topological polar surface area (TPSA) is 77.4 Å². The third-order valence-electron chi connectivity index (χ3n) is 3.81. The minimum Gasteiger partial charge on any atom is -0.625 e. The van der Waals surface area contributed by atoms with Gasteiger partial charge >= 0.3 is 11.9 Å². The molecule has 2 aliphatic rings. The van der Waals surface area contributed by atoms with Crippen molar-refractivity contribution >= 4 is 11.9 Å². The molecule has 0 aromatic heterocycles. The maximum Gasteiger partial charge on any atom is 0.338 e. The number of carbonyl (C=O) groups is 2. The molecule has 1 atom stereocenters. The third kappa shape index (κ3) is 2.56. The number of hydrogen-bond acceptors (Lipinski definition) is 3. The van der Waals surface area contributed by atoms with Crippen LogP contribution in [-0.2, 0) is 9.59 Å². The Bertz CT molecular complexity index is 358. The van der Waals surface area contributed by atoms with Crippen molar-refractivity contribution in [2.75, 3.05) is 13.1 Å². The van der Waals surface area contributed by atoms with E-state index in [0.717, 1.165) is 12.8 Å². The molecule has 5 heteroatoms. The lowest BCUT2D eigenvalue weighted by Crippen LogP contribution is -2.47. The number of carbonyl (C=O) groups excluding carboxylic acids is 1. The summed E-state index contributed by atoms with van der Waals surface area (Å²) in [7, 11) is 0. The van der Waals surface area contributed by atoms with E-state index in [9.17, 15) is 14.8 Å². The van der Waals surface area contributed by atoms with Gasteiger partial charge in [0.15, 0.2) is 0 Å². The zero-order valence-electron chi connectivity index (χ0n) is 9.67. The van der Waals surface area contributed by atoms with Gasteiger partial charge in [0.1, 0.15) is 6.54 Å². The fourth-order valence-electron chi connectivity index (χ4n) is 2.72.